The minimum atomic E-state index is -1.52. The first kappa shape index (κ1) is 15.3. The second-order valence-corrected chi connectivity index (χ2v) is 4.96. The van der Waals surface area contributed by atoms with E-state index < -0.39 is 17.5 Å². The summed E-state index contributed by atoms with van der Waals surface area (Å²) in [6.45, 7) is 0. The maximum Gasteiger partial charge on any atom is 0.305 e. The lowest BCUT2D eigenvalue weighted by Crippen LogP contribution is -2.02. The second kappa shape index (κ2) is 6.57. The number of ether oxygens (including phenoxy) is 1. The lowest BCUT2D eigenvalue weighted by atomic mass is 10.2. The molecule has 21 heavy (non-hydrogen) atoms. The Bertz CT molecular complexity index is 638. The molecule has 0 amide bonds. The summed E-state index contributed by atoms with van der Waals surface area (Å²) in [7, 11) is 1.30. The molecule has 1 N–H and O–H groups in total. The second-order valence-electron chi connectivity index (χ2n) is 4.10. The highest BCUT2D eigenvalue weighted by Crippen LogP contribution is 2.24. The normalized spacial score (nSPS) is 10.5. The summed E-state index contributed by atoms with van der Waals surface area (Å²) in [6, 6.07) is 1.68. The maximum atomic E-state index is 13.1. The molecular weight excluding hydrogens is 305 g/mol. The van der Waals surface area contributed by atoms with E-state index in [1.807, 2.05) is 0 Å². The third-order valence-corrected chi connectivity index (χ3v) is 3.41. The number of hydrogen-bond donors (Lipinski definition) is 1. The van der Waals surface area contributed by atoms with Gasteiger partial charge >= 0.3 is 5.97 Å². The van der Waals surface area contributed by atoms with Crippen molar-refractivity contribution >= 4 is 28.1 Å². The molecule has 1 heterocycles. The van der Waals surface area contributed by atoms with Crippen molar-refractivity contribution in [1.82, 2.24) is 4.98 Å². The van der Waals surface area contributed by atoms with E-state index in [-0.39, 0.29) is 18.1 Å². The SMILES string of the molecule is COC(=O)CCc1csc(Nc2cc(F)c(F)c(F)c2)n1. The Morgan fingerprint density at radius 2 is 2.00 bits per heavy atom. The number of carbonyl (C=O) groups excluding carboxylic acids is 1. The smallest absolute Gasteiger partial charge is 0.305 e. The molecule has 4 nitrogen and oxygen atoms in total. The fourth-order valence-electron chi connectivity index (χ4n) is 1.56. The molecule has 1 aromatic heterocycles. The standard InChI is InChI=1S/C13H11F3N2O2S/c1-20-11(19)3-2-7-6-21-13(17-7)18-8-4-9(14)12(16)10(15)5-8/h4-6H,2-3H2,1H3,(H,17,18). The van der Waals surface area contributed by atoms with Crippen LogP contribution in [0.15, 0.2) is 17.5 Å². The number of anilines is 2. The molecule has 0 saturated heterocycles. The zero-order valence-corrected chi connectivity index (χ0v) is 11.8. The van der Waals surface area contributed by atoms with Gasteiger partial charge in [-0.25, -0.2) is 18.2 Å². The predicted octanol–water partition coefficient (Wildman–Crippen LogP) is 3.41. The summed E-state index contributed by atoms with van der Waals surface area (Å²) in [5.41, 5.74) is 0.705. The Hall–Kier alpha value is -2.09. The number of carbonyl (C=O) groups is 1. The number of nitrogens with zero attached hydrogens (tertiary/aromatic N) is 1. The van der Waals surface area contributed by atoms with Crippen molar-refractivity contribution in [3.63, 3.8) is 0 Å². The maximum absolute atomic E-state index is 13.1. The van der Waals surface area contributed by atoms with Crippen LogP contribution >= 0.6 is 11.3 Å². The Kier molecular flexibility index (Phi) is 4.79. The quantitative estimate of drug-likeness (QED) is 0.678. The summed E-state index contributed by atoms with van der Waals surface area (Å²) in [6.07, 6.45) is 0.594. The molecule has 1 aromatic carbocycles. The number of rotatable bonds is 5. The molecule has 0 unspecified atom stereocenters. The first-order valence-corrected chi connectivity index (χ1v) is 6.80. The van der Waals surface area contributed by atoms with Gasteiger partial charge in [0.15, 0.2) is 22.6 Å². The molecule has 0 saturated carbocycles. The summed E-state index contributed by atoms with van der Waals surface area (Å²) in [4.78, 5) is 15.2. The highest BCUT2D eigenvalue weighted by Gasteiger charge is 2.12. The average molecular weight is 316 g/mol. The third-order valence-electron chi connectivity index (χ3n) is 2.60. The Morgan fingerprint density at radius 3 is 2.62 bits per heavy atom. The fraction of sp³-hybridized carbons (Fsp3) is 0.231. The Morgan fingerprint density at radius 1 is 1.33 bits per heavy atom. The number of thiazole rings is 1. The Balaban J connectivity index is 2.04. The molecular formula is C13H11F3N2O2S. The molecule has 2 aromatic rings. The van der Waals surface area contributed by atoms with Gasteiger partial charge in [-0.1, -0.05) is 0 Å². The highest BCUT2D eigenvalue weighted by molar-refractivity contribution is 7.13. The summed E-state index contributed by atoms with van der Waals surface area (Å²) >= 11 is 1.21. The van der Waals surface area contributed by atoms with Gasteiger partial charge in [0.1, 0.15) is 0 Å². The van der Waals surface area contributed by atoms with Gasteiger partial charge in [-0.15, -0.1) is 11.3 Å². The molecule has 0 radical (unpaired) electrons. The van der Waals surface area contributed by atoms with Gasteiger partial charge in [0.05, 0.1) is 19.2 Å². The van der Waals surface area contributed by atoms with E-state index in [0.29, 0.717) is 17.2 Å². The average Bonchev–Trinajstić information content (AvgIpc) is 2.89. The molecule has 2 rings (SSSR count). The van der Waals surface area contributed by atoms with E-state index in [4.69, 9.17) is 0 Å². The highest BCUT2D eigenvalue weighted by atomic mass is 32.1. The fourth-order valence-corrected chi connectivity index (χ4v) is 2.33. The first-order chi connectivity index (χ1) is 9.99. The van der Waals surface area contributed by atoms with Crippen molar-refractivity contribution in [2.75, 3.05) is 12.4 Å². The van der Waals surface area contributed by atoms with Crippen LogP contribution in [0.3, 0.4) is 0 Å². The molecule has 0 bridgehead atoms. The summed E-state index contributed by atoms with van der Waals surface area (Å²) in [5, 5.41) is 4.78. The van der Waals surface area contributed by atoms with Crippen LogP contribution in [0.1, 0.15) is 12.1 Å². The minimum absolute atomic E-state index is 0.0558. The zero-order valence-electron chi connectivity index (χ0n) is 11.0. The van der Waals surface area contributed by atoms with Gasteiger partial charge in [-0.2, -0.15) is 0 Å². The lowest BCUT2D eigenvalue weighted by molar-refractivity contribution is -0.140. The molecule has 0 aliphatic heterocycles. The van der Waals surface area contributed by atoms with Crippen molar-refractivity contribution in [3.05, 3.63) is 40.7 Å². The number of hydrogen-bond acceptors (Lipinski definition) is 5. The van der Waals surface area contributed by atoms with Gasteiger partial charge in [0.2, 0.25) is 0 Å². The van der Waals surface area contributed by atoms with Crippen LogP contribution in [0.4, 0.5) is 24.0 Å². The van der Waals surface area contributed by atoms with Crippen LogP contribution in [0.2, 0.25) is 0 Å². The van der Waals surface area contributed by atoms with Gasteiger partial charge in [-0.05, 0) is 0 Å². The number of aromatic nitrogens is 1. The molecule has 0 aliphatic rings. The molecule has 112 valence electrons. The van der Waals surface area contributed by atoms with E-state index >= 15 is 0 Å². The van der Waals surface area contributed by atoms with Gasteiger partial charge in [0, 0.05) is 29.6 Å². The Labute approximate surface area is 122 Å². The van der Waals surface area contributed by atoms with Crippen LogP contribution in [0.25, 0.3) is 0 Å². The molecule has 0 atom stereocenters. The topological polar surface area (TPSA) is 51.2 Å². The minimum Gasteiger partial charge on any atom is -0.469 e. The van der Waals surface area contributed by atoms with E-state index in [2.05, 4.69) is 15.0 Å². The largest absolute Gasteiger partial charge is 0.469 e. The van der Waals surface area contributed by atoms with Crippen molar-refractivity contribution in [2.45, 2.75) is 12.8 Å². The van der Waals surface area contributed by atoms with Crippen LogP contribution in [0, 0.1) is 17.5 Å². The number of aryl methyl sites for hydroxylation is 1. The third kappa shape index (κ3) is 3.94. The van der Waals surface area contributed by atoms with Crippen LogP contribution in [0.5, 0.6) is 0 Å². The van der Waals surface area contributed by atoms with Gasteiger partial charge in [0.25, 0.3) is 0 Å². The van der Waals surface area contributed by atoms with Crippen molar-refractivity contribution in [1.29, 1.82) is 0 Å². The van der Waals surface area contributed by atoms with E-state index in [1.165, 1.54) is 18.4 Å². The monoisotopic (exact) mass is 316 g/mol. The molecule has 0 spiro atoms. The van der Waals surface area contributed by atoms with Crippen molar-refractivity contribution < 1.29 is 22.7 Å². The van der Waals surface area contributed by atoms with Crippen molar-refractivity contribution in [2.24, 2.45) is 0 Å². The number of halogens is 3. The number of nitrogens with one attached hydrogen (secondary N) is 1. The predicted molar refractivity (Wildman–Crippen MR) is 72.0 cm³/mol. The van der Waals surface area contributed by atoms with Gasteiger partial charge < -0.3 is 10.1 Å². The number of methoxy groups -OCH3 is 1. The molecule has 8 heteroatoms. The number of benzene rings is 1. The van der Waals surface area contributed by atoms with Crippen LogP contribution in [-0.2, 0) is 16.0 Å². The van der Waals surface area contributed by atoms with E-state index in [1.54, 1.807) is 5.38 Å². The van der Waals surface area contributed by atoms with Crippen molar-refractivity contribution in [3.8, 4) is 0 Å². The number of esters is 1. The first-order valence-electron chi connectivity index (χ1n) is 5.92. The van der Waals surface area contributed by atoms with Crippen LogP contribution < -0.4 is 5.32 Å². The van der Waals surface area contributed by atoms with E-state index in [9.17, 15) is 18.0 Å². The molecule has 0 fully saturated rings. The zero-order chi connectivity index (χ0) is 15.4. The lowest BCUT2D eigenvalue weighted by Gasteiger charge is -2.04. The molecule has 0 aliphatic carbocycles. The van der Waals surface area contributed by atoms with Gasteiger partial charge in [-0.3, -0.25) is 4.79 Å². The summed E-state index contributed by atoms with van der Waals surface area (Å²) < 4.78 is 43.5. The summed E-state index contributed by atoms with van der Waals surface area (Å²) in [5.74, 6) is -4.42. The van der Waals surface area contributed by atoms with E-state index in [0.717, 1.165) is 12.1 Å². The van der Waals surface area contributed by atoms with Crippen LogP contribution in [-0.4, -0.2) is 18.1 Å².